The zero-order chi connectivity index (χ0) is 24.8. The number of rotatable bonds is 10. The average Bonchev–Trinajstić information content (AvgIpc) is 3.06. The molecule has 0 fully saturated rings. The molecule has 1 unspecified atom stereocenters. The van der Waals surface area contributed by atoms with Crippen LogP contribution in [-0.4, -0.2) is 34.4 Å². The fourth-order valence-electron chi connectivity index (χ4n) is 4.90. The van der Waals surface area contributed by atoms with Crippen LogP contribution in [0.3, 0.4) is 0 Å². The largest absolute Gasteiger partial charge is 0.493 e. The Morgan fingerprint density at radius 2 is 1.74 bits per heavy atom. The van der Waals surface area contributed by atoms with E-state index in [4.69, 9.17) is 14.2 Å². The highest BCUT2D eigenvalue weighted by atomic mass is 16.5. The van der Waals surface area contributed by atoms with Gasteiger partial charge in [0.2, 0.25) is 11.2 Å². The van der Waals surface area contributed by atoms with Crippen molar-refractivity contribution in [3.8, 4) is 28.4 Å². The third-order valence-electron chi connectivity index (χ3n) is 6.71. The second-order valence-corrected chi connectivity index (χ2v) is 9.55. The topological polar surface area (TPSA) is 68.8 Å². The molecule has 0 saturated carbocycles. The Hall–Kier alpha value is -2.73. The van der Waals surface area contributed by atoms with Crippen LogP contribution in [0.2, 0.25) is 0 Å². The standard InChI is InChI=1S/C28H40N2O4/c1-17(2)9-8-10-18(3)30-23-14-12-20-21(16-24(23)31)22(29-4)13-11-19-15-25(32-5)27(33-6)28(34-7)26(19)20/h12,14-18,22,29H,8-11,13H2,1-7H3,(H,30,31)/t18?,22-/m0/s1. The minimum Gasteiger partial charge on any atom is -0.493 e. The van der Waals surface area contributed by atoms with E-state index in [-0.39, 0.29) is 17.5 Å². The molecule has 6 nitrogen and oxygen atoms in total. The summed E-state index contributed by atoms with van der Waals surface area (Å²) in [6, 6.07) is 8.03. The van der Waals surface area contributed by atoms with Crippen LogP contribution in [0.5, 0.6) is 17.2 Å². The fraction of sp³-hybridized carbons (Fsp3) is 0.536. The summed E-state index contributed by atoms with van der Waals surface area (Å²) < 4.78 is 17.1. The first-order valence-corrected chi connectivity index (χ1v) is 12.3. The Morgan fingerprint density at radius 1 is 1.00 bits per heavy atom. The minimum atomic E-state index is 0.0000955. The van der Waals surface area contributed by atoms with E-state index in [0.29, 0.717) is 28.9 Å². The van der Waals surface area contributed by atoms with Crippen molar-refractivity contribution in [3.05, 3.63) is 45.6 Å². The summed E-state index contributed by atoms with van der Waals surface area (Å²) in [6.45, 7) is 6.63. The fourth-order valence-corrected chi connectivity index (χ4v) is 4.90. The van der Waals surface area contributed by atoms with Crippen LogP contribution in [0.15, 0.2) is 29.1 Å². The summed E-state index contributed by atoms with van der Waals surface area (Å²) in [5.41, 5.74) is 4.64. The first-order valence-electron chi connectivity index (χ1n) is 12.3. The molecule has 2 N–H and O–H groups in total. The lowest BCUT2D eigenvalue weighted by Gasteiger charge is -2.19. The highest BCUT2D eigenvalue weighted by molar-refractivity contribution is 5.83. The van der Waals surface area contributed by atoms with Gasteiger partial charge in [-0.25, -0.2) is 0 Å². The van der Waals surface area contributed by atoms with Crippen LogP contribution < -0.4 is 30.3 Å². The number of hydrogen-bond donors (Lipinski definition) is 2. The molecule has 0 heterocycles. The molecule has 2 aromatic rings. The molecular weight excluding hydrogens is 428 g/mol. The van der Waals surface area contributed by atoms with Crippen molar-refractivity contribution in [2.24, 2.45) is 5.92 Å². The zero-order valence-corrected chi connectivity index (χ0v) is 21.7. The first kappa shape index (κ1) is 25.9. The van der Waals surface area contributed by atoms with Crippen LogP contribution in [0.1, 0.15) is 63.6 Å². The molecule has 2 aromatic carbocycles. The van der Waals surface area contributed by atoms with Crippen LogP contribution >= 0.6 is 0 Å². The Morgan fingerprint density at radius 3 is 2.35 bits per heavy atom. The van der Waals surface area contributed by atoms with E-state index in [1.165, 1.54) is 6.42 Å². The quantitative estimate of drug-likeness (QED) is 0.475. The predicted molar refractivity (Wildman–Crippen MR) is 140 cm³/mol. The van der Waals surface area contributed by atoms with Crippen molar-refractivity contribution in [1.82, 2.24) is 5.32 Å². The summed E-state index contributed by atoms with van der Waals surface area (Å²) in [5.74, 6) is 2.52. The molecule has 6 heteroatoms. The maximum absolute atomic E-state index is 13.3. The molecule has 0 spiro atoms. The molecular formula is C28H40N2O4. The molecule has 0 saturated heterocycles. The van der Waals surface area contributed by atoms with Crippen molar-refractivity contribution in [2.45, 2.75) is 65.0 Å². The third-order valence-corrected chi connectivity index (χ3v) is 6.71. The van der Waals surface area contributed by atoms with E-state index in [0.717, 1.165) is 47.9 Å². The van der Waals surface area contributed by atoms with Crippen LogP contribution in [0, 0.1) is 5.92 Å². The minimum absolute atomic E-state index is 0.0000955. The number of methoxy groups -OCH3 is 3. The second-order valence-electron chi connectivity index (χ2n) is 9.55. The Labute approximate surface area is 204 Å². The third kappa shape index (κ3) is 5.49. The average molecular weight is 469 g/mol. The van der Waals surface area contributed by atoms with Crippen LogP contribution in [0.4, 0.5) is 5.69 Å². The van der Waals surface area contributed by atoms with Gasteiger partial charge in [-0.05, 0) is 74.0 Å². The number of aryl methyl sites for hydroxylation is 1. The van der Waals surface area contributed by atoms with E-state index in [2.05, 4.69) is 31.4 Å². The first-order chi connectivity index (χ1) is 16.3. The summed E-state index contributed by atoms with van der Waals surface area (Å²) in [7, 11) is 6.83. The lowest BCUT2D eigenvalue weighted by Crippen LogP contribution is -2.20. The van der Waals surface area contributed by atoms with Gasteiger partial charge in [0.15, 0.2) is 11.5 Å². The van der Waals surface area contributed by atoms with E-state index in [1.54, 1.807) is 27.4 Å². The smallest absolute Gasteiger partial charge is 0.203 e. The normalized spacial score (nSPS) is 15.7. The molecule has 1 aliphatic carbocycles. The van der Waals surface area contributed by atoms with Crippen molar-refractivity contribution in [2.75, 3.05) is 33.7 Å². The Balaban J connectivity index is 2.13. The number of ether oxygens (including phenoxy) is 3. The maximum Gasteiger partial charge on any atom is 0.203 e. The SMILES string of the molecule is CN[C@H]1CCc2cc(OC)c(OC)c(OC)c2-c2ccc(NC(C)CCCC(C)C)c(=O)cc21. The monoisotopic (exact) mass is 468 g/mol. The molecule has 0 amide bonds. The molecule has 0 radical (unpaired) electrons. The van der Waals surface area contributed by atoms with Crippen molar-refractivity contribution in [1.29, 1.82) is 0 Å². The van der Waals surface area contributed by atoms with Crippen LogP contribution in [-0.2, 0) is 6.42 Å². The predicted octanol–water partition coefficient (Wildman–Crippen LogP) is 5.57. The maximum atomic E-state index is 13.3. The second kappa shape index (κ2) is 11.6. The van der Waals surface area contributed by atoms with Gasteiger partial charge < -0.3 is 24.8 Å². The zero-order valence-electron chi connectivity index (χ0n) is 21.7. The van der Waals surface area contributed by atoms with Gasteiger partial charge in [-0.3, -0.25) is 4.79 Å². The van der Waals surface area contributed by atoms with Crippen LogP contribution in [0.25, 0.3) is 11.1 Å². The highest BCUT2D eigenvalue weighted by Crippen LogP contribution is 2.50. The lowest BCUT2D eigenvalue weighted by molar-refractivity contribution is 0.324. The van der Waals surface area contributed by atoms with Gasteiger partial charge in [0.1, 0.15) is 0 Å². The summed E-state index contributed by atoms with van der Waals surface area (Å²) in [6.07, 6.45) is 5.04. The van der Waals surface area contributed by atoms with Gasteiger partial charge in [0.05, 0.1) is 27.0 Å². The number of fused-ring (bicyclic) bond motifs is 3. The molecule has 1 aliphatic rings. The molecule has 0 aliphatic heterocycles. The van der Waals surface area contributed by atoms with Crippen molar-refractivity contribution < 1.29 is 14.2 Å². The van der Waals surface area contributed by atoms with Crippen molar-refractivity contribution in [3.63, 3.8) is 0 Å². The number of anilines is 1. The van der Waals surface area contributed by atoms with Gasteiger partial charge in [0.25, 0.3) is 0 Å². The molecule has 2 atom stereocenters. The lowest BCUT2D eigenvalue weighted by atomic mass is 9.95. The number of nitrogens with one attached hydrogen (secondary N) is 2. The summed E-state index contributed by atoms with van der Waals surface area (Å²) in [5, 5.41) is 6.87. The van der Waals surface area contributed by atoms with Gasteiger partial charge in [-0.2, -0.15) is 0 Å². The molecule has 0 bridgehead atoms. The van der Waals surface area contributed by atoms with Crippen molar-refractivity contribution >= 4 is 5.69 Å². The van der Waals surface area contributed by atoms with Gasteiger partial charge in [-0.1, -0.05) is 32.8 Å². The van der Waals surface area contributed by atoms with E-state index in [9.17, 15) is 4.79 Å². The number of hydrogen-bond acceptors (Lipinski definition) is 6. The Kier molecular flexibility index (Phi) is 8.84. The molecule has 34 heavy (non-hydrogen) atoms. The molecule has 0 aromatic heterocycles. The number of benzene rings is 1. The van der Waals surface area contributed by atoms with Gasteiger partial charge in [0, 0.05) is 17.6 Å². The molecule has 186 valence electrons. The Bertz CT molecular complexity index is 1050. The highest BCUT2D eigenvalue weighted by Gasteiger charge is 2.28. The van der Waals surface area contributed by atoms with E-state index in [1.807, 2.05) is 25.2 Å². The summed E-state index contributed by atoms with van der Waals surface area (Å²) >= 11 is 0. The van der Waals surface area contributed by atoms with E-state index >= 15 is 0 Å². The molecule has 3 rings (SSSR count). The summed E-state index contributed by atoms with van der Waals surface area (Å²) in [4.78, 5) is 13.3. The van der Waals surface area contributed by atoms with Gasteiger partial charge >= 0.3 is 0 Å². The van der Waals surface area contributed by atoms with Gasteiger partial charge in [-0.15, -0.1) is 0 Å². The van der Waals surface area contributed by atoms with E-state index < -0.39 is 0 Å².